The number of benzene rings is 1. The summed E-state index contributed by atoms with van der Waals surface area (Å²) in [5.41, 5.74) is 8.86. The van der Waals surface area contributed by atoms with Crippen LogP contribution < -0.4 is 5.73 Å². The van der Waals surface area contributed by atoms with E-state index in [-0.39, 0.29) is 11.7 Å². The second kappa shape index (κ2) is 5.10. The molecule has 1 aromatic rings. The van der Waals surface area contributed by atoms with Crippen molar-refractivity contribution in [3.05, 3.63) is 58.2 Å². The summed E-state index contributed by atoms with van der Waals surface area (Å²) in [7, 11) is 0. The molecule has 3 rings (SSSR count). The highest BCUT2D eigenvalue weighted by Crippen LogP contribution is 2.43. The molecule has 2 N–H and O–H groups in total. The van der Waals surface area contributed by atoms with Gasteiger partial charge in [-0.05, 0) is 18.9 Å². The van der Waals surface area contributed by atoms with Crippen molar-refractivity contribution in [1.82, 2.24) is 0 Å². The van der Waals surface area contributed by atoms with E-state index in [2.05, 4.69) is 6.07 Å². The first-order chi connectivity index (χ1) is 10.1. The highest BCUT2D eigenvalue weighted by molar-refractivity contribution is 5.99. The van der Waals surface area contributed by atoms with Crippen molar-refractivity contribution in [2.75, 3.05) is 0 Å². The van der Waals surface area contributed by atoms with Crippen molar-refractivity contribution < 1.29 is 9.53 Å². The van der Waals surface area contributed by atoms with Gasteiger partial charge in [-0.15, -0.1) is 0 Å². The number of carbonyl (C=O) groups excluding carboxylic acids is 1. The Morgan fingerprint density at radius 1 is 1.29 bits per heavy atom. The molecule has 1 aliphatic carbocycles. The van der Waals surface area contributed by atoms with Crippen LogP contribution in [-0.4, -0.2) is 5.78 Å². The van der Waals surface area contributed by atoms with Crippen LogP contribution in [0, 0.1) is 18.3 Å². The average molecular weight is 280 g/mol. The molecule has 0 aromatic heterocycles. The van der Waals surface area contributed by atoms with Gasteiger partial charge in [0.05, 0.1) is 5.92 Å². The molecule has 1 aromatic carbocycles. The summed E-state index contributed by atoms with van der Waals surface area (Å²) in [6, 6.07) is 9.96. The highest BCUT2D eigenvalue weighted by atomic mass is 16.5. The lowest BCUT2D eigenvalue weighted by Gasteiger charge is -2.31. The summed E-state index contributed by atoms with van der Waals surface area (Å²) in [6.07, 6.45) is 1.97. The van der Waals surface area contributed by atoms with E-state index in [9.17, 15) is 10.1 Å². The number of nitrogens with two attached hydrogens (primary N) is 1. The largest absolute Gasteiger partial charge is 0.444 e. The van der Waals surface area contributed by atoms with Gasteiger partial charge in [-0.1, -0.05) is 29.8 Å². The number of nitriles is 1. The molecule has 0 radical (unpaired) electrons. The van der Waals surface area contributed by atoms with E-state index in [0.29, 0.717) is 29.7 Å². The molecule has 0 spiro atoms. The summed E-state index contributed by atoms with van der Waals surface area (Å²) < 4.78 is 5.53. The molecular formula is C17H16N2O2. The van der Waals surface area contributed by atoms with Gasteiger partial charge >= 0.3 is 0 Å². The van der Waals surface area contributed by atoms with Crippen LogP contribution in [0.3, 0.4) is 0 Å². The minimum Gasteiger partial charge on any atom is -0.444 e. The molecule has 1 heterocycles. The monoisotopic (exact) mass is 280 g/mol. The lowest BCUT2D eigenvalue weighted by atomic mass is 9.77. The number of ether oxygens (including phenoxy) is 1. The van der Waals surface area contributed by atoms with Crippen LogP contribution in [0.2, 0.25) is 0 Å². The number of Topliss-reactive ketones (excluding diaryl/α,β-unsaturated/α-hetero) is 1. The Balaban J connectivity index is 2.17. The maximum absolute atomic E-state index is 12.3. The number of hydrogen-bond acceptors (Lipinski definition) is 4. The molecule has 1 unspecified atom stereocenters. The van der Waals surface area contributed by atoms with Gasteiger partial charge < -0.3 is 10.5 Å². The van der Waals surface area contributed by atoms with Gasteiger partial charge in [0, 0.05) is 18.4 Å². The van der Waals surface area contributed by atoms with Gasteiger partial charge in [-0.25, -0.2) is 0 Å². The number of carbonyl (C=O) groups is 1. The Hall–Kier alpha value is -2.54. The van der Waals surface area contributed by atoms with Gasteiger partial charge in [-0.2, -0.15) is 5.26 Å². The maximum Gasteiger partial charge on any atom is 0.205 e. The summed E-state index contributed by atoms with van der Waals surface area (Å²) in [6.45, 7) is 2.00. The second-order valence-electron chi connectivity index (χ2n) is 5.45. The zero-order chi connectivity index (χ0) is 15.0. The predicted molar refractivity (Wildman–Crippen MR) is 77.7 cm³/mol. The quantitative estimate of drug-likeness (QED) is 0.858. The van der Waals surface area contributed by atoms with Crippen LogP contribution in [0.15, 0.2) is 47.1 Å². The first-order valence-corrected chi connectivity index (χ1v) is 7.02. The third kappa shape index (κ3) is 2.21. The van der Waals surface area contributed by atoms with Crippen molar-refractivity contribution in [3.8, 4) is 6.07 Å². The lowest BCUT2D eigenvalue weighted by Crippen LogP contribution is -2.27. The van der Waals surface area contributed by atoms with Crippen LogP contribution in [0.4, 0.5) is 0 Å². The molecule has 4 nitrogen and oxygen atoms in total. The van der Waals surface area contributed by atoms with Gasteiger partial charge in [0.15, 0.2) is 5.78 Å². The van der Waals surface area contributed by atoms with Crippen LogP contribution >= 0.6 is 0 Å². The molecule has 0 amide bonds. The smallest absolute Gasteiger partial charge is 0.205 e. The van der Waals surface area contributed by atoms with E-state index < -0.39 is 5.92 Å². The number of rotatable bonds is 1. The minimum atomic E-state index is -0.396. The molecule has 1 atom stereocenters. The standard InChI is InChI=1S/C17H16N2O2/c1-10-5-7-11(8-6-10)15-12(9-18)17(19)21-14-4-2-3-13(20)16(14)15/h5-8,15H,2-4,19H2,1H3. The van der Waals surface area contributed by atoms with Gasteiger partial charge in [0.2, 0.25) is 5.88 Å². The molecule has 4 heteroatoms. The first kappa shape index (κ1) is 13.4. The lowest BCUT2D eigenvalue weighted by molar-refractivity contribution is -0.116. The summed E-state index contributed by atoms with van der Waals surface area (Å²) in [5.74, 6) is 0.416. The third-order valence-electron chi connectivity index (χ3n) is 4.02. The first-order valence-electron chi connectivity index (χ1n) is 7.02. The summed E-state index contributed by atoms with van der Waals surface area (Å²) >= 11 is 0. The fourth-order valence-electron chi connectivity index (χ4n) is 2.95. The Morgan fingerprint density at radius 2 is 2.00 bits per heavy atom. The van der Waals surface area contributed by atoms with Gasteiger partial charge in [0.25, 0.3) is 0 Å². The van der Waals surface area contributed by atoms with E-state index in [4.69, 9.17) is 10.5 Å². The maximum atomic E-state index is 12.3. The predicted octanol–water partition coefficient (Wildman–Crippen LogP) is 2.81. The van der Waals surface area contributed by atoms with Crippen LogP contribution in [0.1, 0.15) is 36.3 Å². The fourth-order valence-corrected chi connectivity index (χ4v) is 2.95. The molecule has 0 saturated carbocycles. The Kier molecular flexibility index (Phi) is 3.26. The Morgan fingerprint density at radius 3 is 2.67 bits per heavy atom. The van der Waals surface area contributed by atoms with Crippen molar-refractivity contribution in [1.29, 1.82) is 5.26 Å². The summed E-state index contributed by atoms with van der Waals surface area (Å²) in [5, 5.41) is 9.42. The summed E-state index contributed by atoms with van der Waals surface area (Å²) in [4.78, 5) is 12.3. The SMILES string of the molecule is Cc1ccc(C2C(C#N)=C(N)OC3=C2C(=O)CCC3)cc1. The number of ketones is 1. The van der Waals surface area contributed by atoms with Crippen molar-refractivity contribution in [2.45, 2.75) is 32.1 Å². The molecule has 106 valence electrons. The molecule has 0 saturated heterocycles. The number of allylic oxidation sites excluding steroid dienone is 3. The highest BCUT2D eigenvalue weighted by Gasteiger charge is 2.37. The third-order valence-corrected chi connectivity index (χ3v) is 4.02. The molecule has 1 aliphatic heterocycles. The van der Waals surface area contributed by atoms with E-state index in [1.807, 2.05) is 31.2 Å². The average Bonchev–Trinajstić information content (AvgIpc) is 2.47. The van der Waals surface area contributed by atoms with E-state index >= 15 is 0 Å². The van der Waals surface area contributed by atoms with E-state index in [1.54, 1.807) is 0 Å². The Labute approximate surface area is 123 Å². The molecule has 21 heavy (non-hydrogen) atoms. The second-order valence-corrected chi connectivity index (χ2v) is 5.45. The van der Waals surface area contributed by atoms with Crippen LogP contribution in [0.25, 0.3) is 0 Å². The number of hydrogen-bond donors (Lipinski definition) is 1. The normalized spacial score (nSPS) is 21.7. The van der Waals surface area contributed by atoms with Crippen molar-refractivity contribution in [2.24, 2.45) is 5.73 Å². The van der Waals surface area contributed by atoms with Crippen molar-refractivity contribution >= 4 is 5.78 Å². The van der Waals surface area contributed by atoms with Crippen LogP contribution in [0.5, 0.6) is 0 Å². The van der Waals surface area contributed by atoms with Gasteiger partial charge in [-0.3, -0.25) is 4.79 Å². The molecule has 2 aliphatic rings. The minimum absolute atomic E-state index is 0.0575. The molecule has 0 fully saturated rings. The fraction of sp³-hybridized carbons (Fsp3) is 0.294. The number of aryl methyl sites for hydroxylation is 1. The Bertz CT molecular complexity index is 705. The van der Waals surface area contributed by atoms with Gasteiger partial charge in [0.1, 0.15) is 17.4 Å². The van der Waals surface area contributed by atoms with E-state index in [0.717, 1.165) is 17.5 Å². The van der Waals surface area contributed by atoms with E-state index in [1.165, 1.54) is 0 Å². The molecular weight excluding hydrogens is 264 g/mol. The zero-order valence-corrected chi connectivity index (χ0v) is 11.8. The topological polar surface area (TPSA) is 76.1 Å². The van der Waals surface area contributed by atoms with Crippen LogP contribution in [-0.2, 0) is 9.53 Å². The zero-order valence-electron chi connectivity index (χ0n) is 11.8. The number of nitrogens with zero attached hydrogens (tertiary/aromatic N) is 1. The molecule has 0 bridgehead atoms. The van der Waals surface area contributed by atoms with Crippen molar-refractivity contribution in [3.63, 3.8) is 0 Å².